The summed E-state index contributed by atoms with van der Waals surface area (Å²) in [5.74, 6) is 0. The zero-order chi connectivity index (χ0) is 9.73. The van der Waals surface area contributed by atoms with Crippen LogP contribution in [0.2, 0.25) is 0 Å². The van der Waals surface area contributed by atoms with Crippen molar-refractivity contribution in [2.24, 2.45) is 5.73 Å². The lowest BCUT2D eigenvalue weighted by Gasteiger charge is -2.24. The van der Waals surface area contributed by atoms with E-state index in [4.69, 9.17) is 5.73 Å². The van der Waals surface area contributed by atoms with E-state index in [-0.39, 0.29) is 5.54 Å². The summed E-state index contributed by atoms with van der Waals surface area (Å²) in [7, 11) is 0. The van der Waals surface area contributed by atoms with E-state index < -0.39 is 0 Å². The Labute approximate surface area is 79.4 Å². The highest BCUT2D eigenvalue weighted by atomic mass is 15.0. The summed E-state index contributed by atoms with van der Waals surface area (Å²) in [5.41, 5.74) is 6.83. The van der Waals surface area contributed by atoms with Crippen LogP contribution >= 0.6 is 0 Å². The van der Waals surface area contributed by atoms with Gasteiger partial charge in [-0.2, -0.15) is 0 Å². The Balaban J connectivity index is 2.44. The largest absolute Gasteiger partial charge is 0.329 e. The van der Waals surface area contributed by atoms with Gasteiger partial charge in [-0.1, -0.05) is 0 Å². The fraction of sp³-hybridized carbons (Fsp3) is 0.500. The highest BCUT2D eigenvalue weighted by Crippen LogP contribution is 2.02. The first-order valence-electron chi connectivity index (χ1n) is 4.48. The maximum atomic E-state index is 5.60. The normalized spacial score (nSPS) is 11.6. The van der Waals surface area contributed by atoms with Crippen molar-refractivity contribution in [2.45, 2.75) is 25.9 Å². The smallest absolute Gasteiger partial charge is 0.0271 e. The number of hydrogen-bond acceptors (Lipinski definition) is 3. The van der Waals surface area contributed by atoms with E-state index >= 15 is 0 Å². The van der Waals surface area contributed by atoms with Gasteiger partial charge in [0.25, 0.3) is 0 Å². The number of rotatable bonds is 4. The van der Waals surface area contributed by atoms with Gasteiger partial charge in [0.05, 0.1) is 0 Å². The molecule has 0 radical (unpaired) electrons. The Morgan fingerprint density at radius 1 is 1.38 bits per heavy atom. The molecule has 13 heavy (non-hydrogen) atoms. The molecule has 3 nitrogen and oxygen atoms in total. The van der Waals surface area contributed by atoms with Crippen molar-refractivity contribution >= 4 is 0 Å². The Bertz CT molecular complexity index is 244. The first-order chi connectivity index (χ1) is 6.14. The van der Waals surface area contributed by atoms with Gasteiger partial charge in [0.2, 0.25) is 0 Å². The molecule has 3 N–H and O–H groups in total. The monoisotopic (exact) mass is 179 g/mol. The lowest BCUT2D eigenvalue weighted by atomic mass is 10.1. The summed E-state index contributed by atoms with van der Waals surface area (Å²) in [6.45, 7) is 5.66. The number of nitrogens with two attached hydrogens (primary N) is 1. The van der Waals surface area contributed by atoms with Crippen molar-refractivity contribution in [2.75, 3.05) is 6.54 Å². The van der Waals surface area contributed by atoms with Crippen LogP contribution in [0, 0.1) is 0 Å². The van der Waals surface area contributed by atoms with Gasteiger partial charge < -0.3 is 11.1 Å². The molecule has 0 amide bonds. The van der Waals surface area contributed by atoms with Gasteiger partial charge in [0, 0.05) is 31.0 Å². The van der Waals surface area contributed by atoms with Gasteiger partial charge in [-0.3, -0.25) is 4.98 Å². The molecular weight excluding hydrogens is 162 g/mol. The van der Waals surface area contributed by atoms with Gasteiger partial charge in [-0.25, -0.2) is 0 Å². The van der Waals surface area contributed by atoms with Gasteiger partial charge >= 0.3 is 0 Å². The molecule has 0 fully saturated rings. The summed E-state index contributed by atoms with van der Waals surface area (Å²) in [4.78, 5) is 3.96. The Morgan fingerprint density at radius 3 is 2.54 bits per heavy atom. The Kier molecular flexibility index (Phi) is 3.39. The second-order valence-corrected chi connectivity index (χ2v) is 3.80. The number of pyridine rings is 1. The van der Waals surface area contributed by atoms with Crippen LogP contribution in [0.1, 0.15) is 19.4 Å². The van der Waals surface area contributed by atoms with Crippen molar-refractivity contribution in [3.63, 3.8) is 0 Å². The van der Waals surface area contributed by atoms with Crippen molar-refractivity contribution < 1.29 is 0 Å². The van der Waals surface area contributed by atoms with E-state index in [1.807, 2.05) is 12.1 Å². The fourth-order valence-electron chi connectivity index (χ4n) is 0.914. The predicted octanol–water partition coefficient (Wildman–Crippen LogP) is 0.908. The van der Waals surface area contributed by atoms with E-state index in [0.717, 1.165) is 6.54 Å². The van der Waals surface area contributed by atoms with E-state index in [2.05, 4.69) is 24.1 Å². The molecule has 0 spiro atoms. The quantitative estimate of drug-likeness (QED) is 0.722. The van der Waals surface area contributed by atoms with Crippen LogP contribution in [0.15, 0.2) is 24.5 Å². The number of nitrogens with zero attached hydrogens (tertiary/aromatic N) is 1. The summed E-state index contributed by atoms with van der Waals surface area (Å²) in [6, 6.07) is 4.00. The van der Waals surface area contributed by atoms with Gasteiger partial charge in [-0.15, -0.1) is 0 Å². The van der Waals surface area contributed by atoms with E-state index in [1.165, 1.54) is 5.56 Å². The molecule has 0 unspecified atom stereocenters. The molecule has 72 valence electrons. The average Bonchev–Trinajstić information content (AvgIpc) is 2.17. The predicted molar refractivity (Wildman–Crippen MR) is 54.2 cm³/mol. The summed E-state index contributed by atoms with van der Waals surface area (Å²) < 4.78 is 0. The lowest BCUT2D eigenvalue weighted by Crippen LogP contribution is -2.45. The van der Waals surface area contributed by atoms with E-state index in [1.54, 1.807) is 12.4 Å². The van der Waals surface area contributed by atoms with E-state index in [9.17, 15) is 0 Å². The van der Waals surface area contributed by atoms with Crippen molar-refractivity contribution in [3.8, 4) is 0 Å². The Hall–Kier alpha value is -0.930. The fourth-order valence-corrected chi connectivity index (χ4v) is 0.914. The molecule has 0 saturated carbocycles. The standard InChI is InChI=1S/C10H17N3/c1-10(2,8-11)13-7-9-3-5-12-6-4-9/h3-6,13H,7-8,11H2,1-2H3. The number of hydrogen-bond donors (Lipinski definition) is 2. The average molecular weight is 179 g/mol. The van der Waals surface area contributed by atoms with Crippen LogP contribution in [0.3, 0.4) is 0 Å². The van der Waals surface area contributed by atoms with Crippen LogP contribution in [0.25, 0.3) is 0 Å². The van der Waals surface area contributed by atoms with E-state index in [0.29, 0.717) is 6.54 Å². The molecule has 1 rings (SSSR count). The van der Waals surface area contributed by atoms with Crippen LogP contribution in [-0.4, -0.2) is 17.1 Å². The van der Waals surface area contributed by atoms with Crippen LogP contribution in [-0.2, 0) is 6.54 Å². The van der Waals surface area contributed by atoms with Crippen molar-refractivity contribution in [1.82, 2.24) is 10.3 Å². The molecule has 0 aliphatic rings. The summed E-state index contributed by atoms with van der Waals surface area (Å²) in [5, 5.41) is 3.37. The second-order valence-electron chi connectivity index (χ2n) is 3.80. The molecule has 3 heteroatoms. The molecule has 0 aromatic carbocycles. The zero-order valence-corrected chi connectivity index (χ0v) is 8.25. The third-order valence-corrected chi connectivity index (χ3v) is 2.03. The van der Waals surface area contributed by atoms with Gasteiger partial charge in [0.15, 0.2) is 0 Å². The minimum atomic E-state index is 0.00324. The highest BCUT2D eigenvalue weighted by molar-refractivity contribution is 5.09. The van der Waals surface area contributed by atoms with Crippen LogP contribution in [0.4, 0.5) is 0 Å². The molecule has 0 aliphatic carbocycles. The first-order valence-corrected chi connectivity index (χ1v) is 4.48. The lowest BCUT2D eigenvalue weighted by molar-refractivity contribution is 0.396. The SMILES string of the molecule is CC(C)(CN)NCc1ccncc1. The maximum absolute atomic E-state index is 5.60. The summed E-state index contributed by atoms with van der Waals surface area (Å²) >= 11 is 0. The first kappa shape index (κ1) is 10.2. The third-order valence-electron chi connectivity index (χ3n) is 2.03. The van der Waals surface area contributed by atoms with Gasteiger partial charge in [-0.05, 0) is 31.5 Å². The topological polar surface area (TPSA) is 50.9 Å². The molecule has 0 atom stereocenters. The molecule has 0 bridgehead atoms. The molecule has 1 aromatic heterocycles. The zero-order valence-electron chi connectivity index (χ0n) is 8.25. The maximum Gasteiger partial charge on any atom is 0.0271 e. The summed E-state index contributed by atoms with van der Waals surface area (Å²) in [6.07, 6.45) is 3.60. The van der Waals surface area contributed by atoms with Crippen LogP contribution in [0.5, 0.6) is 0 Å². The number of aromatic nitrogens is 1. The minimum absolute atomic E-state index is 0.00324. The molecule has 1 aromatic rings. The van der Waals surface area contributed by atoms with Crippen molar-refractivity contribution in [1.29, 1.82) is 0 Å². The van der Waals surface area contributed by atoms with Gasteiger partial charge in [0.1, 0.15) is 0 Å². The third kappa shape index (κ3) is 3.53. The highest BCUT2D eigenvalue weighted by Gasteiger charge is 2.13. The molecule has 1 heterocycles. The Morgan fingerprint density at radius 2 is 2.00 bits per heavy atom. The molecule has 0 saturated heterocycles. The minimum Gasteiger partial charge on any atom is -0.329 e. The molecule has 0 aliphatic heterocycles. The second kappa shape index (κ2) is 4.35. The van der Waals surface area contributed by atoms with Crippen molar-refractivity contribution in [3.05, 3.63) is 30.1 Å². The molecular formula is C10H17N3. The number of nitrogens with one attached hydrogen (secondary N) is 1. The van der Waals surface area contributed by atoms with Crippen LogP contribution < -0.4 is 11.1 Å².